The van der Waals surface area contributed by atoms with Crippen LogP contribution >= 0.6 is 33.2 Å². The molecule has 7 heteroatoms. The van der Waals surface area contributed by atoms with Crippen molar-refractivity contribution < 1.29 is 4.12 Å². The Morgan fingerprint density at radius 2 is 1.53 bits per heavy atom. The van der Waals surface area contributed by atoms with Crippen LogP contribution in [0.25, 0.3) is 0 Å². The Labute approximate surface area is 123 Å². The van der Waals surface area contributed by atoms with Gasteiger partial charge in [-0.3, -0.25) is 0 Å². The van der Waals surface area contributed by atoms with Gasteiger partial charge in [-0.1, -0.05) is 12.5 Å². The highest BCUT2D eigenvalue weighted by atomic mass is 35.8. The Hall–Kier alpha value is 1.22. The summed E-state index contributed by atoms with van der Waals surface area (Å²) in [6.07, 6.45) is 2.94. The summed E-state index contributed by atoms with van der Waals surface area (Å²) in [7, 11) is -3.19. The van der Waals surface area contributed by atoms with Crippen molar-refractivity contribution >= 4 is 55.9 Å². The average Bonchev–Trinajstić information content (AvgIpc) is 1.96. The van der Waals surface area contributed by atoms with Crippen molar-refractivity contribution in [1.82, 2.24) is 0 Å². The van der Waals surface area contributed by atoms with Gasteiger partial charge in [0.1, 0.15) is 0 Å². The van der Waals surface area contributed by atoms with E-state index in [-0.39, 0.29) is 0 Å². The van der Waals surface area contributed by atoms with E-state index in [1.54, 1.807) is 0 Å². The molecule has 1 nitrogen and oxygen atoms in total. The molecular formula is C10H23Cl3OSi3. The first kappa shape index (κ1) is 18.2. The topological polar surface area (TPSA) is 9.23 Å². The van der Waals surface area contributed by atoms with Crippen LogP contribution in [0.3, 0.4) is 0 Å². The summed E-state index contributed by atoms with van der Waals surface area (Å²) < 4.78 is 6.37. The molecule has 0 rings (SSSR count). The molecule has 0 fully saturated rings. The minimum atomic E-state index is -2.45. The molecule has 0 aliphatic carbocycles. The second-order valence-electron chi connectivity index (χ2n) is 5.58. The highest BCUT2D eigenvalue weighted by molar-refractivity contribution is 7.64. The SMILES string of the molecule is C=CC[Si](C)(C)O[Si](C)(C)CCC[Si](Cl)(Cl)Cl. The monoisotopic (exact) mass is 348 g/mol. The number of allylic oxidation sites excluding steroid dienone is 1. The summed E-state index contributed by atoms with van der Waals surface area (Å²) in [6.45, 7) is 12.8. The fourth-order valence-corrected chi connectivity index (χ4v) is 12.5. The van der Waals surface area contributed by atoms with Crippen molar-refractivity contribution in [2.45, 2.75) is 50.7 Å². The van der Waals surface area contributed by atoms with Crippen molar-refractivity contribution in [3.8, 4) is 0 Å². The third-order valence-electron chi connectivity index (χ3n) is 2.43. The van der Waals surface area contributed by atoms with E-state index in [4.69, 9.17) is 37.4 Å². The van der Waals surface area contributed by atoms with Gasteiger partial charge >= 0.3 is 6.00 Å². The zero-order valence-electron chi connectivity index (χ0n) is 11.2. The van der Waals surface area contributed by atoms with Crippen molar-refractivity contribution in [2.24, 2.45) is 0 Å². The van der Waals surface area contributed by atoms with Gasteiger partial charge in [-0.15, -0.1) is 39.8 Å². The Balaban J connectivity index is 4.15. The van der Waals surface area contributed by atoms with Gasteiger partial charge < -0.3 is 4.12 Å². The van der Waals surface area contributed by atoms with Crippen LogP contribution in [0.4, 0.5) is 0 Å². The first-order valence-corrected chi connectivity index (χ1v) is 17.3. The Morgan fingerprint density at radius 1 is 1.00 bits per heavy atom. The van der Waals surface area contributed by atoms with Gasteiger partial charge in [0.25, 0.3) is 0 Å². The molecule has 0 aliphatic heterocycles. The Bertz CT molecular complexity index is 252. The number of hydrogen-bond acceptors (Lipinski definition) is 1. The molecule has 0 spiro atoms. The fourth-order valence-electron chi connectivity index (χ4n) is 1.90. The molecule has 0 radical (unpaired) electrons. The molecule has 0 saturated heterocycles. The summed E-state index contributed by atoms with van der Waals surface area (Å²) in [5.41, 5.74) is 0. The van der Waals surface area contributed by atoms with Crippen LogP contribution in [0.2, 0.25) is 44.3 Å². The lowest BCUT2D eigenvalue weighted by molar-refractivity contribution is 0.541. The van der Waals surface area contributed by atoms with E-state index in [9.17, 15) is 0 Å². The molecule has 0 saturated carbocycles. The van der Waals surface area contributed by atoms with Gasteiger partial charge in [0.05, 0.1) is 0 Å². The van der Waals surface area contributed by atoms with Crippen LogP contribution in [0.15, 0.2) is 12.7 Å². The Morgan fingerprint density at radius 3 is 1.94 bits per heavy atom. The number of halogens is 3. The molecule has 0 aromatic carbocycles. The molecule has 17 heavy (non-hydrogen) atoms. The highest BCUT2D eigenvalue weighted by Crippen LogP contribution is 2.30. The van der Waals surface area contributed by atoms with Crippen LogP contribution in [-0.2, 0) is 4.12 Å². The largest absolute Gasteiger partial charge is 0.455 e. The van der Waals surface area contributed by atoms with Crippen molar-refractivity contribution in [1.29, 1.82) is 0 Å². The molecule has 0 atom stereocenters. The van der Waals surface area contributed by atoms with E-state index in [1.165, 1.54) is 0 Å². The third kappa shape index (κ3) is 10.8. The summed E-state index contributed by atoms with van der Waals surface area (Å²) in [5, 5.41) is 0. The minimum absolute atomic E-state index is 0.737. The quantitative estimate of drug-likeness (QED) is 0.313. The minimum Gasteiger partial charge on any atom is -0.455 e. The molecule has 102 valence electrons. The highest BCUT2D eigenvalue weighted by Gasteiger charge is 2.33. The van der Waals surface area contributed by atoms with Crippen molar-refractivity contribution in [3.63, 3.8) is 0 Å². The smallest absolute Gasteiger partial charge is 0.341 e. The standard InChI is InChI=1S/C10H23Cl3OSi3/c1-6-8-15(2,3)14-16(4,5)9-7-10-17(11,12)13/h6H,1,7-10H2,2-5H3. The lowest BCUT2D eigenvalue weighted by atomic mass is 10.6. The molecular weight excluding hydrogens is 327 g/mol. The molecule has 0 aromatic rings. The zero-order valence-corrected chi connectivity index (χ0v) is 16.4. The molecule has 0 aliphatic rings. The maximum Gasteiger partial charge on any atom is 0.341 e. The molecule has 0 bridgehead atoms. The van der Waals surface area contributed by atoms with Gasteiger partial charge in [0.15, 0.2) is 16.6 Å². The van der Waals surface area contributed by atoms with Crippen LogP contribution in [0, 0.1) is 0 Å². The molecule has 0 amide bonds. The first-order chi connectivity index (χ1) is 7.47. The molecule has 0 unspecified atom stereocenters. The maximum atomic E-state index is 6.37. The van der Waals surface area contributed by atoms with E-state index in [1.807, 2.05) is 6.08 Å². The van der Waals surface area contributed by atoms with Gasteiger partial charge in [-0.2, -0.15) is 0 Å². The number of rotatable bonds is 8. The molecule has 0 aromatic heterocycles. The van der Waals surface area contributed by atoms with E-state index in [0.29, 0.717) is 0 Å². The fraction of sp³-hybridized carbons (Fsp3) is 0.800. The first-order valence-electron chi connectivity index (χ1n) is 5.85. The lowest BCUT2D eigenvalue weighted by Crippen LogP contribution is -2.43. The molecule has 0 heterocycles. The summed E-state index contributed by atoms with van der Waals surface area (Å²) in [4.78, 5) is 0. The van der Waals surface area contributed by atoms with Gasteiger partial charge in [-0.05, 0) is 44.3 Å². The second-order valence-corrected chi connectivity index (χ2v) is 23.6. The Kier molecular flexibility index (Phi) is 7.63. The van der Waals surface area contributed by atoms with E-state index < -0.39 is 22.6 Å². The van der Waals surface area contributed by atoms with Gasteiger partial charge in [0.2, 0.25) is 0 Å². The van der Waals surface area contributed by atoms with Gasteiger partial charge in [-0.25, -0.2) is 0 Å². The molecule has 0 N–H and O–H groups in total. The van der Waals surface area contributed by atoms with Crippen LogP contribution < -0.4 is 0 Å². The summed E-state index contributed by atoms with van der Waals surface area (Å²) in [5.74, 6) is 0. The third-order valence-corrected chi connectivity index (χ3v) is 12.3. The lowest BCUT2D eigenvalue weighted by Gasteiger charge is -2.33. The summed E-state index contributed by atoms with van der Waals surface area (Å²) in [6, 6.07) is 0.358. The predicted molar refractivity (Wildman–Crippen MR) is 88.6 cm³/mol. The zero-order chi connectivity index (χ0) is 13.7. The normalized spacial score (nSPS) is 13.8. The summed E-state index contributed by atoms with van der Waals surface area (Å²) >= 11 is 17.7. The van der Waals surface area contributed by atoms with Crippen molar-refractivity contribution in [2.75, 3.05) is 0 Å². The average molecular weight is 350 g/mol. The van der Waals surface area contributed by atoms with Crippen LogP contribution in [0.5, 0.6) is 0 Å². The van der Waals surface area contributed by atoms with E-state index >= 15 is 0 Å². The number of hydrogen-bond donors (Lipinski definition) is 0. The predicted octanol–water partition coefficient (Wildman–Crippen LogP) is 5.64. The van der Waals surface area contributed by atoms with Crippen molar-refractivity contribution in [3.05, 3.63) is 12.7 Å². The maximum absolute atomic E-state index is 6.37. The van der Waals surface area contributed by atoms with Crippen LogP contribution in [0.1, 0.15) is 6.42 Å². The van der Waals surface area contributed by atoms with E-state index in [2.05, 4.69) is 32.8 Å². The van der Waals surface area contributed by atoms with Gasteiger partial charge in [0, 0.05) is 0 Å². The van der Waals surface area contributed by atoms with E-state index in [0.717, 1.165) is 24.6 Å². The second kappa shape index (κ2) is 7.12. The van der Waals surface area contributed by atoms with Crippen LogP contribution in [-0.4, -0.2) is 22.6 Å².